The Morgan fingerprint density at radius 2 is 2.00 bits per heavy atom. The molecule has 3 N–H and O–H groups in total. The minimum absolute atomic E-state index is 0.199. The number of aryl methyl sites for hydroxylation is 1. The number of hydrogen-bond acceptors (Lipinski definition) is 4. The highest BCUT2D eigenvalue weighted by Crippen LogP contribution is 2.23. The molecular weight excluding hydrogens is 289 g/mol. The number of thiophene rings is 1. The van der Waals surface area contributed by atoms with Crippen molar-refractivity contribution in [1.29, 1.82) is 0 Å². The minimum atomic E-state index is -0.286. The molecule has 0 saturated heterocycles. The second-order valence-corrected chi connectivity index (χ2v) is 6.19. The molecule has 0 fully saturated rings. The summed E-state index contributed by atoms with van der Waals surface area (Å²) in [6, 6.07) is 8.58. The first kappa shape index (κ1) is 15.6. The molecule has 0 bridgehead atoms. The van der Waals surface area contributed by atoms with Crippen molar-refractivity contribution in [2.75, 3.05) is 7.05 Å². The molecule has 0 atom stereocenters. The van der Waals surface area contributed by atoms with Gasteiger partial charge in [0.1, 0.15) is 5.82 Å². The van der Waals surface area contributed by atoms with Gasteiger partial charge in [-0.25, -0.2) is 10.2 Å². The fraction of sp³-hybridized carbons (Fsp3) is 0.267. The lowest BCUT2D eigenvalue weighted by Crippen LogP contribution is -2.29. The molecule has 1 heterocycles. The number of hydrogen-bond donors (Lipinski definition) is 2. The number of nitrogens with zero attached hydrogens (tertiary/aromatic N) is 1. The summed E-state index contributed by atoms with van der Waals surface area (Å²) < 4.78 is 13.6. The van der Waals surface area contributed by atoms with Gasteiger partial charge in [0.05, 0.1) is 4.88 Å². The fourth-order valence-corrected chi connectivity index (χ4v) is 3.06. The van der Waals surface area contributed by atoms with Gasteiger partial charge in [-0.3, -0.25) is 15.1 Å². The van der Waals surface area contributed by atoms with Crippen LogP contribution in [0.3, 0.4) is 0 Å². The van der Waals surface area contributed by atoms with Gasteiger partial charge in [0, 0.05) is 23.5 Å². The van der Waals surface area contributed by atoms with Crippen molar-refractivity contribution < 1.29 is 9.18 Å². The number of benzene rings is 1. The second-order valence-electron chi connectivity index (χ2n) is 4.93. The fourth-order valence-electron chi connectivity index (χ4n) is 2.12. The summed E-state index contributed by atoms with van der Waals surface area (Å²) in [5.74, 6) is 4.65. The molecule has 0 aliphatic carbocycles. The topological polar surface area (TPSA) is 58.4 Å². The molecule has 2 rings (SSSR count). The Balaban J connectivity index is 2.06. The molecule has 1 amide bonds. The van der Waals surface area contributed by atoms with E-state index in [0.717, 1.165) is 10.4 Å². The molecule has 2 aromatic rings. The Morgan fingerprint density at radius 1 is 1.33 bits per heavy atom. The average molecular weight is 307 g/mol. The van der Waals surface area contributed by atoms with E-state index >= 15 is 0 Å². The highest BCUT2D eigenvalue weighted by atomic mass is 32.1. The van der Waals surface area contributed by atoms with E-state index in [0.29, 0.717) is 23.5 Å². The molecule has 0 saturated carbocycles. The maximum absolute atomic E-state index is 13.6. The molecule has 1 aromatic carbocycles. The van der Waals surface area contributed by atoms with Crippen molar-refractivity contribution in [3.8, 4) is 0 Å². The molecule has 0 spiro atoms. The maximum atomic E-state index is 13.6. The van der Waals surface area contributed by atoms with Gasteiger partial charge in [0.25, 0.3) is 5.91 Å². The largest absolute Gasteiger partial charge is 0.298 e. The number of nitrogens with one attached hydrogen (secondary N) is 1. The van der Waals surface area contributed by atoms with Crippen LogP contribution in [0.5, 0.6) is 0 Å². The Morgan fingerprint density at radius 3 is 2.67 bits per heavy atom. The van der Waals surface area contributed by atoms with E-state index in [2.05, 4.69) is 5.43 Å². The first-order chi connectivity index (χ1) is 10.0. The van der Waals surface area contributed by atoms with Crippen molar-refractivity contribution in [3.63, 3.8) is 0 Å². The molecule has 6 heteroatoms. The van der Waals surface area contributed by atoms with Crippen LogP contribution in [0.25, 0.3) is 0 Å². The first-order valence-electron chi connectivity index (χ1n) is 6.53. The van der Waals surface area contributed by atoms with Crippen LogP contribution in [0.2, 0.25) is 0 Å². The van der Waals surface area contributed by atoms with Crippen LogP contribution in [0.4, 0.5) is 4.39 Å². The van der Waals surface area contributed by atoms with Crippen LogP contribution in [0.1, 0.15) is 25.7 Å². The third-order valence-electron chi connectivity index (χ3n) is 3.21. The van der Waals surface area contributed by atoms with E-state index in [4.69, 9.17) is 5.84 Å². The number of nitrogen functional groups attached to an aromatic ring is 1. The molecule has 0 aliphatic rings. The summed E-state index contributed by atoms with van der Waals surface area (Å²) in [7, 11) is 1.92. The molecule has 21 heavy (non-hydrogen) atoms. The number of carbonyl (C=O) groups excluding carboxylic acids is 1. The molecule has 4 nitrogen and oxygen atoms in total. The van der Waals surface area contributed by atoms with Gasteiger partial charge in [-0.1, -0.05) is 18.2 Å². The van der Waals surface area contributed by atoms with Gasteiger partial charge in [-0.05, 0) is 31.7 Å². The van der Waals surface area contributed by atoms with E-state index in [1.165, 1.54) is 17.4 Å². The van der Waals surface area contributed by atoms with E-state index in [-0.39, 0.29) is 11.7 Å². The van der Waals surface area contributed by atoms with Crippen LogP contribution in [0.15, 0.2) is 30.3 Å². The quantitative estimate of drug-likeness (QED) is 0.507. The smallest absolute Gasteiger partial charge is 0.275 e. The third kappa shape index (κ3) is 3.87. The number of hydrazine groups is 1. The van der Waals surface area contributed by atoms with Gasteiger partial charge < -0.3 is 0 Å². The summed E-state index contributed by atoms with van der Waals surface area (Å²) in [5, 5.41) is 0. The molecular formula is C15H18FN3OS. The standard InChI is InChI=1S/C15H18FN3OS/c1-10-12(7-14(21-10)15(20)18-17)9-19(2)8-11-5-3-4-6-13(11)16/h3-7H,8-9,17H2,1-2H3,(H,18,20). The minimum Gasteiger partial charge on any atom is -0.298 e. The highest BCUT2D eigenvalue weighted by Gasteiger charge is 2.13. The van der Waals surface area contributed by atoms with Crippen molar-refractivity contribution in [2.45, 2.75) is 20.0 Å². The Hall–Kier alpha value is -1.76. The van der Waals surface area contributed by atoms with E-state index in [1.807, 2.05) is 31.0 Å². The van der Waals surface area contributed by atoms with Gasteiger partial charge in [-0.2, -0.15) is 0 Å². The van der Waals surface area contributed by atoms with Crippen molar-refractivity contribution in [3.05, 3.63) is 57.0 Å². The number of nitrogens with two attached hydrogens (primary N) is 1. The highest BCUT2D eigenvalue weighted by molar-refractivity contribution is 7.14. The van der Waals surface area contributed by atoms with Gasteiger partial charge in [-0.15, -0.1) is 11.3 Å². The normalized spacial score (nSPS) is 10.9. The molecule has 0 aliphatic heterocycles. The summed E-state index contributed by atoms with van der Waals surface area (Å²) in [6.45, 7) is 3.12. The zero-order valence-corrected chi connectivity index (χ0v) is 12.8. The predicted octanol–water partition coefficient (Wildman–Crippen LogP) is 2.43. The zero-order valence-electron chi connectivity index (χ0n) is 12.0. The molecule has 0 unspecified atom stereocenters. The van der Waals surface area contributed by atoms with E-state index in [9.17, 15) is 9.18 Å². The summed E-state index contributed by atoms with van der Waals surface area (Å²) in [5.41, 5.74) is 3.84. The van der Waals surface area contributed by atoms with Crippen molar-refractivity contribution in [1.82, 2.24) is 10.3 Å². The van der Waals surface area contributed by atoms with Crippen molar-refractivity contribution >= 4 is 17.2 Å². The maximum Gasteiger partial charge on any atom is 0.275 e. The second kappa shape index (κ2) is 6.80. The lowest BCUT2D eigenvalue weighted by atomic mass is 10.2. The predicted molar refractivity (Wildman–Crippen MR) is 82.3 cm³/mol. The summed E-state index contributed by atoms with van der Waals surface area (Å²) in [4.78, 5) is 15.2. The van der Waals surface area contributed by atoms with Crippen LogP contribution < -0.4 is 11.3 Å². The van der Waals surface area contributed by atoms with Gasteiger partial charge in [0.2, 0.25) is 0 Å². The summed E-state index contributed by atoms with van der Waals surface area (Å²) >= 11 is 1.41. The number of carbonyl (C=O) groups is 1. The number of rotatable bonds is 5. The SMILES string of the molecule is Cc1sc(C(=O)NN)cc1CN(C)Cc1ccccc1F. The Bertz CT molecular complexity index is 642. The third-order valence-corrected chi connectivity index (χ3v) is 4.31. The summed E-state index contributed by atoms with van der Waals surface area (Å²) in [6.07, 6.45) is 0. The lowest BCUT2D eigenvalue weighted by Gasteiger charge is -2.17. The van der Waals surface area contributed by atoms with Crippen molar-refractivity contribution in [2.24, 2.45) is 5.84 Å². The van der Waals surface area contributed by atoms with Crippen LogP contribution >= 0.6 is 11.3 Å². The Kier molecular flexibility index (Phi) is 5.06. The van der Waals surface area contributed by atoms with Crippen LogP contribution in [0, 0.1) is 12.7 Å². The average Bonchev–Trinajstić information content (AvgIpc) is 2.82. The Labute approximate surface area is 127 Å². The molecule has 0 radical (unpaired) electrons. The monoisotopic (exact) mass is 307 g/mol. The van der Waals surface area contributed by atoms with E-state index in [1.54, 1.807) is 12.1 Å². The first-order valence-corrected chi connectivity index (χ1v) is 7.35. The lowest BCUT2D eigenvalue weighted by molar-refractivity contribution is 0.0957. The molecule has 112 valence electrons. The molecule has 1 aromatic heterocycles. The van der Waals surface area contributed by atoms with E-state index < -0.39 is 0 Å². The van der Waals surface area contributed by atoms with Gasteiger partial charge in [0.15, 0.2) is 0 Å². The van der Waals surface area contributed by atoms with Crippen LogP contribution in [-0.4, -0.2) is 17.9 Å². The zero-order chi connectivity index (χ0) is 15.4. The van der Waals surface area contributed by atoms with Gasteiger partial charge >= 0.3 is 0 Å². The number of halogens is 1. The van der Waals surface area contributed by atoms with Crippen LogP contribution in [-0.2, 0) is 13.1 Å². The number of amides is 1.